The quantitative estimate of drug-likeness (QED) is 0.684. The first-order chi connectivity index (χ1) is 6.52. The molecule has 0 saturated carbocycles. The number of benzene rings is 1. The summed E-state index contributed by atoms with van der Waals surface area (Å²) in [5, 5.41) is 8.91. The molecule has 0 bridgehead atoms. The van der Waals surface area contributed by atoms with Crippen molar-refractivity contribution in [1.82, 2.24) is 0 Å². The fraction of sp³-hybridized carbons (Fsp3) is 0.125. The van der Waals surface area contributed by atoms with Gasteiger partial charge in [-0.15, -0.1) is 0 Å². The molecule has 0 saturated heterocycles. The molecule has 15 heavy (non-hydrogen) atoms. The minimum Gasteiger partial charge on any atom is -1.00 e. The van der Waals surface area contributed by atoms with Gasteiger partial charge in [-0.05, 0) is 12.1 Å². The van der Waals surface area contributed by atoms with Crippen molar-refractivity contribution < 1.29 is 17.5 Å². The molecule has 0 heterocycles. The first-order valence-electron chi connectivity index (χ1n) is 3.50. The third-order valence-electron chi connectivity index (χ3n) is 1.35. The number of halogens is 3. The molecule has 0 unspecified atom stereocenters. The SMILES string of the molecule is O=C(O)COc1ccc(Cl)c(Cl)c1Cl.[H-].[H-].[Mg+2]. The fourth-order valence-electron chi connectivity index (χ4n) is 0.759. The van der Waals surface area contributed by atoms with Crippen LogP contribution in [0.5, 0.6) is 5.75 Å². The molecule has 1 rings (SSSR count). The average Bonchev–Trinajstić information content (AvgIpc) is 2.13. The van der Waals surface area contributed by atoms with E-state index in [2.05, 4.69) is 0 Å². The number of carboxylic acids is 1. The summed E-state index contributed by atoms with van der Waals surface area (Å²) in [6, 6.07) is 2.94. The van der Waals surface area contributed by atoms with E-state index < -0.39 is 12.6 Å². The Morgan fingerprint density at radius 3 is 2.47 bits per heavy atom. The summed E-state index contributed by atoms with van der Waals surface area (Å²) in [5.74, 6) is -0.893. The Bertz CT molecular complexity index is 379. The van der Waals surface area contributed by atoms with Crippen LogP contribution in [0.1, 0.15) is 2.85 Å². The number of carboxylic acid groups (broad SMARTS) is 1. The first kappa shape index (κ1) is 15.1. The van der Waals surface area contributed by atoms with Crippen molar-refractivity contribution in [2.75, 3.05) is 6.61 Å². The van der Waals surface area contributed by atoms with Crippen LogP contribution in [0.4, 0.5) is 0 Å². The second-order valence-corrected chi connectivity index (χ2v) is 3.52. The Kier molecular flexibility index (Phi) is 6.71. The second-order valence-electron chi connectivity index (χ2n) is 2.36. The molecule has 1 aromatic rings. The van der Waals surface area contributed by atoms with Crippen LogP contribution in [0.3, 0.4) is 0 Å². The van der Waals surface area contributed by atoms with Crippen molar-refractivity contribution in [2.45, 2.75) is 0 Å². The molecular weight excluding hydrogens is 275 g/mol. The van der Waals surface area contributed by atoms with Gasteiger partial charge in [-0.3, -0.25) is 0 Å². The average molecular weight is 282 g/mol. The van der Waals surface area contributed by atoms with Crippen molar-refractivity contribution in [3.8, 4) is 5.75 Å². The molecule has 0 aliphatic carbocycles. The molecule has 0 spiro atoms. The van der Waals surface area contributed by atoms with Crippen LogP contribution in [-0.4, -0.2) is 40.7 Å². The van der Waals surface area contributed by atoms with Crippen LogP contribution in [-0.2, 0) is 4.79 Å². The molecule has 0 aromatic heterocycles. The maximum Gasteiger partial charge on any atom is 2.00 e. The third kappa shape index (κ3) is 4.24. The fourth-order valence-corrected chi connectivity index (χ4v) is 1.34. The first-order valence-corrected chi connectivity index (χ1v) is 4.64. The van der Waals surface area contributed by atoms with Crippen LogP contribution in [0.25, 0.3) is 0 Å². The van der Waals surface area contributed by atoms with E-state index in [9.17, 15) is 4.79 Å². The van der Waals surface area contributed by atoms with E-state index in [4.69, 9.17) is 44.6 Å². The number of hydrogen-bond acceptors (Lipinski definition) is 2. The summed E-state index contributed by atoms with van der Waals surface area (Å²) in [5.41, 5.74) is 0. The number of rotatable bonds is 3. The smallest absolute Gasteiger partial charge is 1.00 e. The Morgan fingerprint density at radius 1 is 1.33 bits per heavy atom. The van der Waals surface area contributed by atoms with Crippen molar-refractivity contribution >= 4 is 63.8 Å². The van der Waals surface area contributed by atoms with Gasteiger partial charge in [-0.1, -0.05) is 34.8 Å². The summed E-state index contributed by atoms with van der Waals surface area (Å²) in [4.78, 5) is 10.2. The number of carbonyl (C=O) groups is 1. The molecule has 0 aliphatic rings. The summed E-state index contributed by atoms with van der Waals surface area (Å²) >= 11 is 17.1. The topological polar surface area (TPSA) is 46.5 Å². The monoisotopic (exact) mass is 280 g/mol. The van der Waals surface area contributed by atoms with Crippen LogP contribution in [0, 0.1) is 0 Å². The largest absolute Gasteiger partial charge is 2.00 e. The molecule has 1 N–H and O–H groups in total. The van der Waals surface area contributed by atoms with Gasteiger partial charge < -0.3 is 12.7 Å². The zero-order valence-electron chi connectivity index (χ0n) is 9.47. The van der Waals surface area contributed by atoms with E-state index >= 15 is 0 Å². The molecule has 0 radical (unpaired) electrons. The molecule has 80 valence electrons. The standard InChI is InChI=1S/C8H5Cl3O3.Mg.2H/c9-4-1-2-5(8(11)7(4)10)14-3-6(12)13;;;/h1-2H,3H2,(H,12,13);;;/q;+2;2*-1. The zero-order chi connectivity index (χ0) is 10.7. The van der Waals surface area contributed by atoms with Gasteiger partial charge in [0.1, 0.15) is 10.8 Å². The third-order valence-corrected chi connectivity index (χ3v) is 2.63. The zero-order valence-corrected chi connectivity index (χ0v) is 11.1. The second kappa shape index (κ2) is 6.65. The van der Waals surface area contributed by atoms with E-state index in [1.807, 2.05) is 0 Å². The van der Waals surface area contributed by atoms with Crippen molar-refractivity contribution in [3.63, 3.8) is 0 Å². The summed E-state index contributed by atoms with van der Waals surface area (Å²) in [6.07, 6.45) is 0. The number of ether oxygens (including phenoxy) is 1. The van der Waals surface area contributed by atoms with Crippen molar-refractivity contribution in [1.29, 1.82) is 0 Å². The maximum absolute atomic E-state index is 10.2. The van der Waals surface area contributed by atoms with Crippen LogP contribution >= 0.6 is 34.8 Å². The summed E-state index contributed by atoms with van der Waals surface area (Å²) < 4.78 is 4.86. The predicted octanol–water partition coefficient (Wildman–Crippen LogP) is 2.95. The van der Waals surface area contributed by atoms with Crippen LogP contribution < -0.4 is 4.74 Å². The van der Waals surface area contributed by atoms with Gasteiger partial charge in [0, 0.05) is 0 Å². The predicted molar refractivity (Wildman–Crippen MR) is 62.6 cm³/mol. The van der Waals surface area contributed by atoms with Gasteiger partial charge in [-0.25, -0.2) is 4.79 Å². The minimum atomic E-state index is -1.09. The summed E-state index contributed by atoms with van der Waals surface area (Å²) in [7, 11) is 0. The molecule has 0 amide bonds. The van der Waals surface area contributed by atoms with E-state index in [0.717, 1.165) is 0 Å². The van der Waals surface area contributed by atoms with E-state index in [1.54, 1.807) is 0 Å². The molecule has 7 heteroatoms. The van der Waals surface area contributed by atoms with Gasteiger partial charge in [-0.2, -0.15) is 0 Å². The normalized spacial score (nSPS) is 9.27. The van der Waals surface area contributed by atoms with Crippen molar-refractivity contribution in [3.05, 3.63) is 27.2 Å². The molecular formula is C8H7Cl3MgO3. The minimum absolute atomic E-state index is 0. The number of aliphatic carboxylic acids is 1. The Labute approximate surface area is 120 Å². The Hall–Kier alpha value is 0.126. The Morgan fingerprint density at radius 2 is 1.93 bits per heavy atom. The Balaban J connectivity index is -0.000000653. The van der Waals surface area contributed by atoms with Crippen molar-refractivity contribution in [2.24, 2.45) is 0 Å². The van der Waals surface area contributed by atoms with E-state index in [0.29, 0.717) is 5.02 Å². The van der Waals surface area contributed by atoms with Crippen LogP contribution in [0.2, 0.25) is 15.1 Å². The molecule has 0 aliphatic heterocycles. The van der Waals surface area contributed by atoms with Gasteiger partial charge in [0.15, 0.2) is 6.61 Å². The van der Waals surface area contributed by atoms with Gasteiger partial charge in [0.05, 0.1) is 10.0 Å². The molecule has 0 atom stereocenters. The molecule has 3 nitrogen and oxygen atoms in total. The van der Waals surface area contributed by atoms with E-state index in [1.165, 1.54) is 12.1 Å². The number of hydrogen-bond donors (Lipinski definition) is 1. The van der Waals surface area contributed by atoms with Gasteiger partial charge >= 0.3 is 29.0 Å². The molecule has 1 aromatic carbocycles. The maximum atomic E-state index is 10.2. The van der Waals surface area contributed by atoms with Gasteiger partial charge in [0.2, 0.25) is 0 Å². The molecule has 0 fully saturated rings. The van der Waals surface area contributed by atoms with Crippen LogP contribution in [0.15, 0.2) is 12.1 Å². The van der Waals surface area contributed by atoms with Gasteiger partial charge in [0.25, 0.3) is 0 Å². The van der Waals surface area contributed by atoms with E-state index in [-0.39, 0.29) is 41.7 Å². The summed E-state index contributed by atoms with van der Waals surface area (Å²) in [6.45, 7) is -0.475.